The van der Waals surface area contributed by atoms with Crippen LogP contribution >= 0.6 is 0 Å². The van der Waals surface area contributed by atoms with Gasteiger partial charge in [0.25, 0.3) is 11.5 Å². The number of hydrogen-bond donors (Lipinski definition) is 3. The number of aliphatic hydroxyl groups excluding tert-OH is 1. The molecule has 8 heteroatoms. The summed E-state index contributed by atoms with van der Waals surface area (Å²) < 4.78 is 1.16. The predicted octanol–water partition coefficient (Wildman–Crippen LogP) is -0.781. The number of unbranched alkanes of at least 4 members (excludes halogenated alkanes) is 1. The lowest BCUT2D eigenvalue weighted by Crippen LogP contribution is -2.44. The molecular formula is C12H17N3O5. The van der Waals surface area contributed by atoms with Crippen LogP contribution in [0.2, 0.25) is 0 Å². The minimum atomic E-state index is -1.40. The number of carbonyl (C=O) groups is 2. The number of amides is 1. The summed E-state index contributed by atoms with van der Waals surface area (Å²) in [5.74, 6) is -2.10. The number of hydrogen-bond acceptors (Lipinski definition) is 5. The molecule has 0 fully saturated rings. The number of aliphatic hydroxyl groups is 1. The quantitative estimate of drug-likeness (QED) is 0.603. The second-order valence-corrected chi connectivity index (χ2v) is 4.18. The van der Waals surface area contributed by atoms with E-state index in [0.29, 0.717) is 6.54 Å². The highest BCUT2D eigenvalue weighted by Gasteiger charge is 2.20. The summed E-state index contributed by atoms with van der Waals surface area (Å²) in [7, 11) is 0. The van der Waals surface area contributed by atoms with Gasteiger partial charge in [0.2, 0.25) is 0 Å². The smallest absolute Gasteiger partial charge is 0.328 e. The van der Waals surface area contributed by atoms with Gasteiger partial charge >= 0.3 is 5.97 Å². The van der Waals surface area contributed by atoms with Crippen molar-refractivity contribution in [2.24, 2.45) is 0 Å². The maximum absolute atomic E-state index is 11.8. The minimum absolute atomic E-state index is 0.0691. The number of nitrogens with zero attached hydrogens (tertiary/aromatic N) is 2. The molecule has 110 valence electrons. The summed E-state index contributed by atoms with van der Waals surface area (Å²) in [6.07, 6.45) is 1.61. The van der Waals surface area contributed by atoms with E-state index in [1.807, 2.05) is 6.92 Å². The van der Waals surface area contributed by atoms with Crippen molar-refractivity contribution in [3.8, 4) is 0 Å². The molecule has 0 aliphatic heterocycles. The van der Waals surface area contributed by atoms with Gasteiger partial charge in [-0.05, 0) is 12.5 Å². The van der Waals surface area contributed by atoms with E-state index in [1.54, 1.807) is 0 Å². The lowest BCUT2D eigenvalue weighted by molar-refractivity contribution is -0.140. The summed E-state index contributed by atoms with van der Waals surface area (Å²) in [4.78, 5) is 34.0. The summed E-state index contributed by atoms with van der Waals surface area (Å²) >= 11 is 0. The van der Waals surface area contributed by atoms with Gasteiger partial charge in [-0.2, -0.15) is 5.10 Å². The van der Waals surface area contributed by atoms with Gasteiger partial charge in [0, 0.05) is 12.6 Å². The highest BCUT2D eigenvalue weighted by molar-refractivity contribution is 5.94. The van der Waals surface area contributed by atoms with Gasteiger partial charge in [0.05, 0.1) is 6.61 Å². The van der Waals surface area contributed by atoms with Crippen LogP contribution < -0.4 is 10.9 Å². The Bertz CT molecular complexity index is 540. The fraction of sp³-hybridized carbons (Fsp3) is 0.500. The van der Waals surface area contributed by atoms with E-state index in [4.69, 9.17) is 10.2 Å². The van der Waals surface area contributed by atoms with Crippen LogP contribution in [0.25, 0.3) is 0 Å². The van der Waals surface area contributed by atoms with Crippen molar-refractivity contribution in [1.82, 2.24) is 15.1 Å². The van der Waals surface area contributed by atoms with E-state index in [9.17, 15) is 14.4 Å². The zero-order valence-electron chi connectivity index (χ0n) is 11.1. The number of rotatable bonds is 7. The molecule has 0 radical (unpaired) electrons. The Morgan fingerprint density at radius 3 is 2.70 bits per heavy atom. The number of aryl methyl sites for hydroxylation is 1. The van der Waals surface area contributed by atoms with E-state index in [0.717, 1.165) is 17.5 Å². The Kier molecular flexibility index (Phi) is 5.85. The molecule has 0 saturated carbocycles. The Morgan fingerprint density at radius 2 is 2.15 bits per heavy atom. The van der Waals surface area contributed by atoms with Gasteiger partial charge in [0.1, 0.15) is 5.69 Å². The van der Waals surface area contributed by atoms with Crippen LogP contribution in [0, 0.1) is 0 Å². The maximum Gasteiger partial charge on any atom is 0.328 e. The standard InChI is InChI=1S/C12H17N3O5/c1-2-3-6-15-10(17)5-4-8(14-15)11(18)13-9(7-16)12(19)20/h4-5,9,16H,2-3,6-7H2,1H3,(H,13,18)(H,19,20)/t9-/m1/s1. The highest BCUT2D eigenvalue weighted by Crippen LogP contribution is 1.95. The third kappa shape index (κ3) is 4.16. The first-order valence-corrected chi connectivity index (χ1v) is 6.22. The maximum atomic E-state index is 11.8. The van der Waals surface area contributed by atoms with Gasteiger partial charge in [0.15, 0.2) is 6.04 Å². The van der Waals surface area contributed by atoms with Crippen molar-refractivity contribution in [3.05, 3.63) is 28.2 Å². The molecule has 1 aromatic heterocycles. The Labute approximate surface area is 115 Å². The first kappa shape index (κ1) is 15.8. The molecule has 1 rings (SSSR count). The van der Waals surface area contributed by atoms with Crippen LogP contribution in [0.3, 0.4) is 0 Å². The third-order valence-electron chi connectivity index (χ3n) is 2.61. The van der Waals surface area contributed by atoms with Gasteiger partial charge in [-0.25, -0.2) is 9.48 Å². The summed E-state index contributed by atoms with van der Waals surface area (Å²) in [5.41, 5.74) is -0.396. The van der Waals surface area contributed by atoms with Crippen LogP contribution in [0.1, 0.15) is 30.3 Å². The molecule has 20 heavy (non-hydrogen) atoms. The molecule has 1 amide bonds. The minimum Gasteiger partial charge on any atom is -0.480 e. The molecule has 0 bridgehead atoms. The molecule has 0 unspecified atom stereocenters. The van der Waals surface area contributed by atoms with Crippen molar-refractivity contribution in [1.29, 1.82) is 0 Å². The molecule has 1 aromatic rings. The Hall–Kier alpha value is -2.22. The zero-order chi connectivity index (χ0) is 15.1. The van der Waals surface area contributed by atoms with E-state index in [-0.39, 0.29) is 11.3 Å². The molecule has 0 spiro atoms. The lowest BCUT2D eigenvalue weighted by Gasteiger charge is -2.11. The molecule has 8 nitrogen and oxygen atoms in total. The molecule has 1 heterocycles. The third-order valence-corrected chi connectivity index (χ3v) is 2.61. The number of aromatic nitrogens is 2. The van der Waals surface area contributed by atoms with Crippen molar-refractivity contribution in [2.75, 3.05) is 6.61 Å². The molecule has 3 N–H and O–H groups in total. The topological polar surface area (TPSA) is 122 Å². The number of carboxylic acids is 1. The molecule has 0 aromatic carbocycles. The Morgan fingerprint density at radius 1 is 1.45 bits per heavy atom. The van der Waals surface area contributed by atoms with E-state index in [2.05, 4.69) is 10.4 Å². The average Bonchev–Trinajstić information content (AvgIpc) is 2.43. The fourth-order valence-electron chi connectivity index (χ4n) is 1.46. The van der Waals surface area contributed by atoms with Gasteiger partial charge in [-0.3, -0.25) is 9.59 Å². The van der Waals surface area contributed by atoms with Crippen LogP contribution in [0.5, 0.6) is 0 Å². The number of carbonyl (C=O) groups excluding carboxylic acids is 1. The molecule has 1 atom stereocenters. The molecular weight excluding hydrogens is 266 g/mol. The SMILES string of the molecule is CCCCn1nc(C(=O)N[C@H](CO)C(=O)O)ccc1=O. The van der Waals surface area contributed by atoms with E-state index in [1.165, 1.54) is 12.1 Å². The van der Waals surface area contributed by atoms with Crippen LogP contribution in [-0.4, -0.2) is 44.5 Å². The summed E-state index contributed by atoms with van der Waals surface area (Å²) in [6, 6.07) is 1.02. The van der Waals surface area contributed by atoms with Crippen molar-refractivity contribution < 1.29 is 19.8 Å². The normalized spacial score (nSPS) is 11.9. The predicted molar refractivity (Wildman–Crippen MR) is 69.4 cm³/mol. The second-order valence-electron chi connectivity index (χ2n) is 4.18. The molecule has 0 saturated heterocycles. The van der Waals surface area contributed by atoms with Crippen LogP contribution in [-0.2, 0) is 11.3 Å². The Balaban J connectivity index is 2.88. The largest absolute Gasteiger partial charge is 0.480 e. The van der Waals surface area contributed by atoms with Crippen molar-refractivity contribution in [2.45, 2.75) is 32.4 Å². The fourth-order valence-corrected chi connectivity index (χ4v) is 1.46. The molecule has 0 aliphatic rings. The summed E-state index contributed by atoms with van der Waals surface area (Å²) in [5, 5.41) is 23.6. The number of carboxylic acid groups (broad SMARTS) is 1. The lowest BCUT2D eigenvalue weighted by atomic mass is 10.3. The van der Waals surface area contributed by atoms with Gasteiger partial charge in [-0.15, -0.1) is 0 Å². The monoisotopic (exact) mass is 283 g/mol. The highest BCUT2D eigenvalue weighted by atomic mass is 16.4. The first-order valence-electron chi connectivity index (χ1n) is 6.22. The number of nitrogens with one attached hydrogen (secondary N) is 1. The van der Waals surface area contributed by atoms with Crippen LogP contribution in [0.15, 0.2) is 16.9 Å². The number of aliphatic carboxylic acids is 1. The average molecular weight is 283 g/mol. The molecule has 0 aliphatic carbocycles. The zero-order valence-corrected chi connectivity index (χ0v) is 11.1. The van der Waals surface area contributed by atoms with E-state index < -0.39 is 24.5 Å². The van der Waals surface area contributed by atoms with Gasteiger partial charge < -0.3 is 15.5 Å². The van der Waals surface area contributed by atoms with Crippen molar-refractivity contribution >= 4 is 11.9 Å². The summed E-state index contributed by atoms with van der Waals surface area (Å²) in [6.45, 7) is 1.62. The van der Waals surface area contributed by atoms with Crippen molar-refractivity contribution in [3.63, 3.8) is 0 Å². The first-order chi connectivity index (χ1) is 9.49. The van der Waals surface area contributed by atoms with E-state index >= 15 is 0 Å². The van der Waals surface area contributed by atoms with Gasteiger partial charge in [-0.1, -0.05) is 13.3 Å². The second kappa shape index (κ2) is 7.39. The van der Waals surface area contributed by atoms with Crippen LogP contribution in [0.4, 0.5) is 0 Å².